The minimum absolute atomic E-state index is 0. The minimum Gasteiger partial charge on any atom is -1.00 e. The van der Waals surface area contributed by atoms with Gasteiger partial charge in [0, 0.05) is 0 Å². The van der Waals surface area contributed by atoms with E-state index in [0.717, 1.165) is 12.8 Å². The van der Waals surface area contributed by atoms with E-state index in [-0.39, 0.29) is 51.0 Å². The van der Waals surface area contributed by atoms with Gasteiger partial charge in [-0.05, 0) is 0 Å². The summed E-state index contributed by atoms with van der Waals surface area (Å²) in [5.74, 6) is 1.20. The largest absolute Gasteiger partial charge is 4.00 e. The van der Waals surface area contributed by atoms with Crippen molar-refractivity contribution in [2.45, 2.75) is 67.5 Å². The van der Waals surface area contributed by atoms with Crippen LogP contribution in [0.1, 0.15) is 54.4 Å². The summed E-state index contributed by atoms with van der Waals surface area (Å²) in [6.45, 7) is 18.9. The van der Waals surface area contributed by atoms with E-state index in [4.69, 9.17) is 0 Å². The Morgan fingerprint density at radius 2 is 1.04 bits per heavy atom. The second-order valence-electron chi connectivity index (χ2n) is 7.68. The number of halogens is 2. The van der Waals surface area contributed by atoms with Crippen molar-refractivity contribution in [1.29, 1.82) is 0 Å². The van der Waals surface area contributed by atoms with Gasteiger partial charge >= 0.3 is 26.2 Å². The van der Waals surface area contributed by atoms with Crippen LogP contribution in [-0.4, -0.2) is 8.07 Å². The molecule has 2 rings (SSSR count). The zero-order valence-electron chi connectivity index (χ0n) is 16.3. The van der Waals surface area contributed by atoms with Crippen LogP contribution >= 0.6 is 0 Å². The van der Waals surface area contributed by atoms with E-state index in [1.807, 2.05) is 0 Å². The van der Waals surface area contributed by atoms with Crippen LogP contribution in [0, 0.1) is 24.0 Å². The summed E-state index contributed by atoms with van der Waals surface area (Å²) in [6, 6.07) is 0. The Hall–Kier alpha value is 0.640. The van der Waals surface area contributed by atoms with Crippen molar-refractivity contribution in [2.24, 2.45) is 11.8 Å². The Morgan fingerprint density at radius 3 is 1.25 bits per heavy atom. The summed E-state index contributed by atoms with van der Waals surface area (Å²) in [7, 11) is -1.55. The quantitative estimate of drug-likeness (QED) is 0.409. The summed E-state index contributed by atoms with van der Waals surface area (Å²) >= 11 is 0. The van der Waals surface area contributed by atoms with E-state index in [1.54, 1.807) is 21.5 Å². The van der Waals surface area contributed by atoms with Gasteiger partial charge in [-0.2, -0.15) is 10.4 Å². The van der Waals surface area contributed by atoms with E-state index in [9.17, 15) is 0 Å². The molecule has 24 heavy (non-hydrogen) atoms. The van der Waals surface area contributed by atoms with Gasteiger partial charge in [0.15, 0.2) is 0 Å². The number of hydrogen-bond donors (Lipinski definition) is 0. The van der Waals surface area contributed by atoms with Crippen molar-refractivity contribution in [2.75, 3.05) is 0 Å². The molecular formula is C20H30Cl2SiZr. The molecule has 0 aromatic rings. The predicted octanol–water partition coefficient (Wildman–Crippen LogP) is -0.00972. The van der Waals surface area contributed by atoms with Crippen LogP contribution < -0.4 is 24.8 Å². The Kier molecular flexibility index (Phi) is 11.3. The Bertz CT molecular complexity index is 528. The van der Waals surface area contributed by atoms with Crippen LogP contribution in [0.3, 0.4) is 0 Å². The van der Waals surface area contributed by atoms with Gasteiger partial charge < -0.3 is 24.8 Å². The van der Waals surface area contributed by atoms with Crippen LogP contribution in [0.4, 0.5) is 0 Å². The maximum atomic E-state index is 3.66. The van der Waals surface area contributed by atoms with E-state index < -0.39 is 8.07 Å². The summed E-state index contributed by atoms with van der Waals surface area (Å²) in [5.41, 5.74) is 6.01. The molecule has 0 aromatic heterocycles. The fourth-order valence-electron chi connectivity index (χ4n) is 4.06. The molecule has 0 fully saturated rings. The normalized spacial score (nSPS) is 17.6. The molecular weight excluding hydrogens is 430 g/mol. The van der Waals surface area contributed by atoms with Crippen LogP contribution in [0.15, 0.2) is 32.7 Å². The van der Waals surface area contributed by atoms with E-state index >= 15 is 0 Å². The molecule has 0 amide bonds. The van der Waals surface area contributed by atoms with Crippen molar-refractivity contribution in [3.63, 3.8) is 0 Å². The minimum atomic E-state index is -1.55. The number of allylic oxidation sites excluding steroid dienone is 8. The van der Waals surface area contributed by atoms with E-state index in [0.29, 0.717) is 11.8 Å². The topological polar surface area (TPSA) is 0 Å². The zero-order valence-corrected chi connectivity index (χ0v) is 21.3. The van der Waals surface area contributed by atoms with Crippen LogP contribution in [-0.2, 0) is 26.2 Å². The van der Waals surface area contributed by atoms with E-state index in [1.165, 1.54) is 11.1 Å². The zero-order chi connectivity index (χ0) is 15.9. The SMILES string of the molecule is CC1=C([Si](C)(C)C2=C(C)C(C(C)C)=[C-]C2)C[C-]=C1C(C)C.[Cl-].[Cl-].[Zr+4]. The van der Waals surface area contributed by atoms with Gasteiger partial charge in [0.1, 0.15) is 0 Å². The summed E-state index contributed by atoms with van der Waals surface area (Å²) in [4.78, 5) is 0. The molecule has 0 atom stereocenters. The molecule has 0 bridgehead atoms. The molecule has 0 spiro atoms. The predicted molar refractivity (Wildman–Crippen MR) is 95.3 cm³/mol. The Labute approximate surface area is 182 Å². The molecule has 2 aliphatic rings. The molecule has 0 saturated heterocycles. The first-order valence-corrected chi connectivity index (χ1v) is 11.3. The second-order valence-corrected chi connectivity index (χ2v) is 12.1. The van der Waals surface area contributed by atoms with Crippen molar-refractivity contribution >= 4 is 8.07 Å². The van der Waals surface area contributed by atoms with Gasteiger partial charge in [0.05, 0.1) is 8.07 Å². The van der Waals surface area contributed by atoms with Crippen LogP contribution in [0.25, 0.3) is 0 Å². The van der Waals surface area contributed by atoms with Crippen molar-refractivity contribution in [1.82, 2.24) is 0 Å². The van der Waals surface area contributed by atoms with Crippen molar-refractivity contribution in [3.05, 3.63) is 44.8 Å². The first-order chi connectivity index (χ1) is 9.67. The maximum Gasteiger partial charge on any atom is 4.00 e. The summed E-state index contributed by atoms with van der Waals surface area (Å²) < 4.78 is 0. The summed E-state index contributed by atoms with van der Waals surface area (Å²) in [5, 5.41) is 3.40. The van der Waals surface area contributed by atoms with E-state index in [2.05, 4.69) is 66.8 Å². The molecule has 0 aromatic carbocycles. The van der Waals surface area contributed by atoms with Crippen LogP contribution in [0.2, 0.25) is 13.1 Å². The van der Waals surface area contributed by atoms with Gasteiger partial charge in [-0.15, -0.1) is 26.7 Å². The van der Waals surface area contributed by atoms with Gasteiger partial charge in [-0.25, -0.2) is 22.3 Å². The first-order valence-electron chi connectivity index (χ1n) is 8.30. The van der Waals surface area contributed by atoms with Gasteiger partial charge in [-0.3, -0.25) is 12.2 Å². The Morgan fingerprint density at radius 1 is 0.750 bits per heavy atom. The van der Waals surface area contributed by atoms with Gasteiger partial charge in [0.2, 0.25) is 0 Å². The van der Waals surface area contributed by atoms with Crippen molar-refractivity contribution < 1.29 is 51.0 Å². The molecule has 0 heterocycles. The monoisotopic (exact) mass is 458 g/mol. The number of hydrogen-bond acceptors (Lipinski definition) is 0. The fourth-order valence-corrected chi connectivity index (χ4v) is 7.63. The number of rotatable bonds is 4. The summed E-state index contributed by atoms with van der Waals surface area (Å²) in [6.07, 6.45) is 9.45. The third-order valence-electron chi connectivity index (χ3n) is 5.29. The standard InChI is InChI=1S/C20H30Si.2ClH.Zr/c1-13(2)17-9-11-19(15(17)5)21(7,8)20-12-10-18(14(3)4)16(20)6;;;/h13-14H,11-12H2,1-8H3;2*1H;/q-2;;;+4/p-2. The average Bonchev–Trinajstić information content (AvgIpc) is 2.92. The molecule has 4 heteroatoms. The molecule has 132 valence electrons. The molecule has 0 saturated carbocycles. The second kappa shape index (κ2) is 10.1. The smallest absolute Gasteiger partial charge is 1.00 e. The van der Waals surface area contributed by atoms with Crippen molar-refractivity contribution in [3.8, 4) is 0 Å². The Balaban J connectivity index is 0. The van der Waals surface area contributed by atoms with Crippen LogP contribution in [0.5, 0.6) is 0 Å². The molecule has 0 unspecified atom stereocenters. The molecule has 0 aliphatic heterocycles. The molecule has 0 N–H and O–H groups in total. The molecule has 0 nitrogen and oxygen atoms in total. The molecule has 2 aliphatic carbocycles. The average molecular weight is 461 g/mol. The van der Waals surface area contributed by atoms with Gasteiger partial charge in [-0.1, -0.05) is 52.6 Å². The molecule has 0 radical (unpaired) electrons. The maximum absolute atomic E-state index is 3.66. The van der Waals surface area contributed by atoms with Gasteiger partial charge in [0.25, 0.3) is 0 Å². The fraction of sp³-hybridized carbons (Fsp3) is 0.600. The third-order valence-corrected chi connectivity index (χ3v) is 9.41. The first kappa shape index (κ1) is 26.9. The third kappa shape index (κ3) is 4.87.